The highest BCUT2D eigenvalue weighted by Crippen LogP contribution is 2.53. The van der Waals surface area contributed by atoms with Crippen LogP contribution in [0.15, 0.2) is 59.8 Å². The maximum atomic E-state index is 4.91. The minimum atomic E-state index is 0.0197. The van der Waals surface area contributed by atoms with Crippen molar-refractivity contribution < 1.29 is 0 Å². The molecule has 0 saturated heterocycles. The predicted molar refractivity (Wildman–Crippen MR) is 142 cm³/mol. The maximum Gasteiger partial charge on any atom is 0.0749 e. The Morgan fingerprint density at radius 1 is 1.09 bits per heavy atom. The molecule has 0 fully saturated rings. The Kier molecular flexibility index (Phi) is 7.80. The molecule has 2 aromatic rings. The van der Waals surface area contributed by atoms with Crippen molar-refractivity contribution in [3.8, 4) is 0 Å². The van der Waals surface area contributed by atoms with Crippen LogP contribution < -0.4 is 0 Å². The van der Waals surface area contributed by atoms with E-state index in [1.165, 1.54) is 51.6 Å². The van der Waals surface area contributed by atoms with Crippen molar-refractivity contribution in [2.24, 2.45) is 17.8 Å². The third-order valence-electron chi connectivity index (χ3n) is 7.46. The summed E-state index contributed by atoms with van der Waals surface area (Å²) in [6.07, 6.45) is 14.0. The van der Waals surface area contributed by atoms with Crippen LogP contribution in [-0.4, -0.2) is 4.98 Å². The molecule has 1 heterocycles. The minimum Gasteiger partial charge on any atom is -0.256 e. The van der Waals surface area contributed by atoms with Gasteiger partial charge < -0.3 is 0 Å². The lowest BCUT2D eigenvalue weighted by Gasteiger charge is -2.41. The molecule has 32 heavy (non-hydrogen) atoms. The van der Waals surface area contributed by atoms with Crippen LogP contribution in [0.2, 0.25) is 0 Å². The summed E-state index contributed by atoms with van der Waals surface area (Å²) >= 11 is 0. The molecule has 1 aromatic carbocycles. The Labute approximate surface area is 196 Å². The zero-order chi connectivity index (χ0) is 23.5. The number of hydrogen-bond donors (Lipinski definition) is 0. The third-order valence-corrected chi connectivity index (χ3v) is 7.46. The number of aromatic nitrogens is 1. The standard InChI is InChI=1S/C25H29N.C6H14/c1-16(2)8-6-9-18-13-12-17(3)23-22(18)24-21-19(14-15-26-24)10-7-11-20(21)25(23,4)5;1-4-6(3)5-2/h6-8,10-12,14-16,18H,9,13H2,1-5H3;6H,4-5H2,1-3H3. The van der Waals surface area contributed by atoms with Gasteiger partial charge in [0, 0.05) is 17.0 Å². The average Bonchev–Trinajstić information content (AvgIpc) is 2.77. The highest BCUT2D eigenvalue weighted by molar-refractivity contribution is 6.00. The van der Waals surface area contributed by atoms with E-state index in [0.29, 0.717) is 11.8 Å². The van der Waals surface area contributed by atoms with E-state index in [-0.39, 0.29) is 5.41 Å². The van der Waals surface area contributed by atoms with Crippen LogP contribution >= 0.6 is 0 Å². The summed E-state index contributed by atoms with van der Waals surface area (Å²) in [5.41, 5.74) is 7.10. The molecule has 0 amide bonds. The van der Waals surface area contributed by atoms with Gasteiger partial charge in [0.2, 0.25) is 0 Å². The number of hydrogen-bond acceptors (Lipinski definition) is 1. The molecule has 0 N–H and O–H groups in total. The van der Waals surface area contributed by atoms with Crippen LogP contribution in [-0.2, 0) is 5.41 Å². The first-order valence-corrected chi connectivity index (χ1v) is 12.7. The molecule has 0 bridgehead atoms. The lowest BCUT2D eigenvalue weighted by atomic mass is 9.63. The fourth-order valence-electron chi connectivity index (χ4n) is 5.20. The molecule has 0 aliphatic heterocycles. The Bertz CT molecular complexity index is 1020. The molecule has 2 aliphatic rings. The van der Waals surface area contributed by atoms with E-state index in [1.807, 2.05) is 6.20 Å². The number of allylic oxidation sites excluding steroid dienone is 6. The summed E-state index contributed by atoms with van der Waals surface area (Å²) in [5.74, 6) is 2.06. The number of nitrogens with zero attached hydrogens (tertiary/aromatic N) is 1. The van der Waals surface area contributed by atoms with Crippen molar-refractivity contribution in [3.05, 3.63) is 71.1 Å². The van der Waals surface area contributed by atoms with E-state index in [0.717, 1.165) is 18.8 Å². The SMILES string of the molecule is CC1=CCC(CC=CC(C)C)C2=C1C(C)(C)c1cccc3ccnc2c13.CCC(C)CC. The number of benzene rings is 1. The largest absolute Gasteiger partial charge is 0.256 e. The van der Waals surface area contributed by atoms with Gasteiger partial charge >= 0.3 is 0 Å². The van der Waals surface area contributed by atoms with Crippen molar-refractivity contribution in [2.75, 3.05) is 0 Å². The topological polar surface area (TPSA) is 12.9 Å². The van der Waals surface area contributed by atoms with E-state index in [9.17, 15) is 0 Å². The molecule has 1 aromatic heterocycles. The quantitative estimate of drug-likeness (QED) is 0.431. The minimum absolute atomic E-state index is 0.0197. The smallest absolute Gasteiger partial charge is 0.0749 e. The van der Waals surface area contributed by atoms with Crippen molar-refractivity contribution >= 4 is 16.3 Å². The second kappa shape index (κ2) is 10.2. The molecular formula is C31H43N. The summed E-state index contributed by atoms with van der Waals surface area (Å²) < 4.78 is 0. The van der Waals surface area contributed by atoms with Gasteiger partial charge in [-0.15, -0.1) is 0 Å². The maximum absolute atomic E-state index is 4.91. The molecule has 1 unspecified atom stereocenters. The number of rotatable bonds is 5. The lowest BCUT2D eigenvalue weighted by molar-refractivity contribution is 0.544. The van der Waals surface area contributed by atoms with E-state index >= 15 is 0 Å². The van der Waals surface area contributed by atoms with Crippen LogP contribution in [0.4, 0.5) is 0 Å². The first kappa shape index (κ1) is 24.5. The van der Waals surface area contributed by atoms with Crippen LogP contribution in [0.5, 0.6) is 0 Å². The van der Waals surface area contributed by atoms with Crippen LogP contribution in [0, 0.1) is 17.8 Å². The summed E-state index contributed by atoms with van der Waals surface area (Å²) in [6, 6.07) is 8.88. The van der Waals surface area contributed by atoms with Crippen LogP contribution in [0.1, 0.15) is 92.3 Å². The van der Waals surface area contributed by atoms with Gasteiger partial charge in [0.25, 0.3) is 0 Å². The van der Waals surface area contributed by atoms with Crippen molar-refractivity contribution in [2.45, 2.75) is 86.5 Å². The molecule has 0 spiro atoms. The second-order valence-corrected chi connectivity index (χ2v) is 10.6. The van der Waals surface area contributed by atoms with E-state index in [4.69, 9.17) is 4.98 Å². The Morgan fingerprint density at radius 3 is 2.44 bits per heavy atom. The lowest BCUT2D eigenvalue weighted by Crippen LogP contribution is -2.30. The fourth-order valence-corrected chi connectivity index (χ4v) is 5.20. The molecule has 1 heteroatoms. The second-order valence-electron chi connectivity index (χ2n) is 10.6. The molecule has 0 radical (unpaired) electrons. The molecule has 172 valence electrons. The fraction of sp³-hybridized carbons (Fsp3) is 0.516. The summed E-state index contributed by atoms with van der Waals surface area (Å²) in [5, 5.41) is 2.68. The Hall–Kier alpha value is -2.15. The van der Waals surface area contributed by atoms with E-state index in [2.05, 4.69) is 97.9 Å². The molecule has 1 nitrogen and oxygen atoms in total. The highest BCUT2D eigenvalue weighted by atomic mass is 14.7. The van der Waals surface area contributed by atoms with Gasteiger partial charge in [-0.1, -0.05) is 103 Å². The zero-order valence-electron chi connectivity index (χ0n) is 21.6. The number of pyridine rings is 1. The normalized spacial score (nSPS) is 19.3. The molecule has 0 saturated carbocycles. The summed E-state index contributed by atoms with van der Waals surface area (Å²) in [6.45, 7) is 18.3. The van der Waals surface area contributed by atoms with Gasteiger partial charge in [-0.05, 0) is 65.7 Å². The summed E-state index contributed by atoms with van der Waals surface area (Å²) in [7, 11) is 0. The van der Waals surface area contributed by atoms with Gasteiger partial charge in [-0.2, -0.15) is 0 Å². The van der Waals surface area contributed by atoms with Gasteiger partial charge in [-0.3, -0.25) is 4.98 Å². The highest BCUT2D eigenvalue weighted by Gasteiger charge is 2.40. The van der Waals surface area contributed by atoms with Gasteiger partial charge in [-0.25, -0.2) is 0 Å². The van der Waals surface area contributed by atoms with Crippen molar-refractivity contribution in [1.29, 1.82) is 0 Å². The third kappa shape index (κ3) is 4.77. The van der Waals surface area contributed by atoms with E-state index in [1.54, 1.807) is 0 Å². The van der Waals surface area contributed by atoms with Gasteiger partial charge in [0.05, 0.1) is 5.69 Å². The Balaban J connectivity index is 0.000000427. The van der Waals surface area contributed by atoms with Gasteiger partial charge in [0.15, 0.2) is 0 Å². The number of fused-ring (bicyclic) bond motifs is 1. The molecule has 1 atom stereocenters. The molecule has 2 aliphatic carbocycles. The summed E-state index contributed by atoms with van der Waals surface area (Å²) in [4.78, 5) is 4.91. The van der Waals surface area contributed by atoms with Crippen LogP contribution in [0.25, 0.3) is 16.3 Å². The van der Waals surface area contributed by atoms with E-state index < -0.39 is 0 Å². The first-order chi connectivity index (χ1) is 15.2. The Morgan fingerprint density at radius 2 is 1.81 bits per heavy atom. The first-order valence-electron chi connectivity index (χ1n) is 12.7. The van der Waals surface area contributed by atoms with Crippen molar-refractivity contribution in [3.63, 3.8) is 0 Å². The van der Waals surface area contributed by atoms with Gasteiger partial charge in [0.1, 0.15) is 0 Å². The molecular weight excluding hydrogens is 386 g/mol. The van der Waals surface area contributed by atoms with Crippen molar-refractivity contribution in [1.82, 2.24) is 4.98 Å². The predicted octanol–water partition coefficient (Wildman–Crippen LogP) is 9.29. The average molecular weight is 430 g/mol. The molecule has 4 rings (SSSR count). The monoisotopic (exact) mass is 429 g/mol. The zero-order valence-corrected chi connectivity index (χ0v) is 21.6. The van der Waals surface area contributed by atoms with Crippen LogP contribution in [0.3, 0.4) is 0 Å².